The van der Waals surface area contributed by atoms with Crippen LogP contribution in [0.5, 0.6) is 0 Å². The summed E-state index contributed by atoms with van der Waals surface area (Å²) in [5.41, 5.74) is 6.95. The van der Waals surface area contributed by atoms with Gasteiger partial charge in [0.1, 0.15) is 0 Å². The van der Waals surface area contributed by atoms with Gasteiger partial charge in [-0.2, -0.15) is 5.10 Å². The maximum Gasteiger partial charge on any atom is 0.203 e. The summed E-state index contributed by atoms with van der Waals surface area (Å²) in [5.74, 6) is 0. The second kappa shape index (κ2) is 8.85. The Labute approximate surface area is 160 Å². The number of hydrazone groups is 1. The second-order valence-electron chi connectivity index (χ2n) is 5.14. The normalized spacial score (nSPS) is 11.0. The molecule has 0 spiro atoms. The summed E-state index contributed by atoms with van der Waals surface area (Å²) in [6.45, 7) is 0. The van der Waals surface area contributed by atoms with Gasteiger partial charge >= 0.3 is 0 Å². The molecule has 7 heteroatoms. The molecule has 0 aliphatic rings. The van der Waals surface area contributed by atoms with Gasteiger partial charge in [0.05, 0.1) is 23.9 Å². The number of benzene rings is 2. The molecule has 1 aromatic heterocycles. The molecule has 3 rings (SSSR count). The summed E-state index contributed by atoms with van der Waals surface area (Å²) in [6.07, 6.45) is 1.75. The molecule has 128 valence electrons. The van der Waals surface area contributed by atoms with Crippen LogP contribution in [0.1, 0.15) is 5.56 Å². The first-order valence-electron chi connectivity index (χ1n) is 7.57. The molecule has 1 heterocycles. The van der Waals surface area contributed by atoms with Crippen molar-refractivity contribution < 1.29 is 0 Å². The van der Waals surface area contributed by atoms with E-state index in [1.165, 1.54) is 11.3 Å². The highest BCUT2D eigenvalue weighted by molar-refractivity contribution is 7.14. The van der Waals surface area contributed by atoms with Crippen LogP contribution in [0.3, 0.4) is 0 Å². The zero-order valence-electron chi connectivity index (χ0n) is 13.3. The van der Waals surface area contributed by atoms with Crippen molar-refractivity contribution in [1.29, 1.82) is 0 Å². The Balaban J connectivity index is 1.61. The van der Waals surface area contributed by atoms with Crippen LogP contribution in [0.4, 0.5) is 10.8 Å². The molecule has 25 heavy (non-hydrogen) atoms. The van der Waals surface area contributed by atoms with Crippen LogP contribution in [0.15, 0.2) is 65.1 Å². The van der Waals surface area contributed by atoms with E-state index in [1.54, 1.807) is 6.21 Å². The van der Waals surface area contributed by atoms with Gasteiger partial charge in [-0.05, 0) is 17.7 Å². The monoisotopic (exact) mass is 390 g/mol. The van der Waals surface area contributed by atoms with Gasteiger partial charge in [0, 0.05) is 16.6 Å². The Morgan fingerprint density at radius 1 is 1.04 bits per heavy atom. The molecule has 0 radical (unpaired) electrons. The topological polar surface area (TPSA) is 40.5 Å². The first-order valence-corrected chi connectivity index (χ1v) is 9.52. The number of hydrogen-bond donors (Lipinski definition) is 1. The Hall–Kier alpha value is -2.08. The van der Waals surface area contributed by atoms with E-state index in [2.05, 4.69) is 15.5 Å². The number of halogens is 2. The molecule has 0 atom stereocenters. The SMILES string of the molecule is ClCN(CCl)c1ccc(/C=N\Nc2nc(-c3ccccc3)cs2)cc1. The van der Waals surface area contributed by atoms with E-state index in [1.807, 2.05) is 64.9 Å². The summed E-state index contributed by atoms with van der Waals surface area (Å²) in [7, 11) is 0. The van der Waals surface area contributed by atoms with Crippen molar-refractivity contribution >= 4 is 51.6 Å². The Kier molecular flexibility index (Phi) is 6.28. The van der Waals surface area contributed by atoms with Crippen LogP contribution in [0.25, 0.3) is 11.3 Å². The van der Waals surface area contributed by atoms with Crippen LogP contribution in [-0.4, -0.2) is 23.2 Å². The fourth-order valence-electron chi connectivity index (χ4n) is 2.17. The second-order valence-corrected chi connectivity index (χ2v) is 6.48. The molecule has 2 aromatic carbocycles. The summed E-state index contributed by atoms with van der Waals surface area (Å²) in [6, 6.07) is 18.6. The van der Waals surface area contributed by atoms with Gasteiger partial charge in [0.2, 0.25) is 5.13 Å². The average molecular weight is 391 g/mol. The minimum absolute atomic E-state index is 0.353. The quantitative estimate of drug-likeness (QED) is 0.252. The molecule has 0 aliphatic carbocycles. The molecule has 4 nitrogen and oxygen atoms in total. The van der Waals surface area contributed by atoms with Crippen LogP contribution < -0.4 is 10.3 Å². The predicted molar refractivity (Wildman–Crippen MR) is 109 cm³/mol. The number of rotatable bonds is 7. The molecule has 0 aliphatic heterocycles. The molecule has 0 bridgehead atoms. The van der Waals surface area contributed by atoms with E-state index in [9.17, 15) is 0 Å². The molecule has 0 saturated carbocycles. The Bertz CT molecular complexity index is 815. The highest BCUT2D eigenvalue weighted by Crippen LogP contribution is 2.24. The molecule has 1 N–H and O–H groups in total. The number of hydrogen-bond acceptors (Lipinski definition) is 5. The molecular formula is C18H16Cl2N4S. The van der Waals surface area contributed by atoms with Crippen LogP contribution >= 0.6 is 34.5 Å². The summed E-state index contributed by atoms with van der Waals surface area (Å²) in [5, 5.41) is 7.00. The maximum atomic E-state index is 5.84. The smallest absolute Gasteiger partial charge is 0.203 e. The number of anilines is 2. The molecule has 3 aromatic rings. The summed E-state index contributed by atoms with van der Waals surface area (Å²) in [4.78, 5) is 6.38. The highest BCUT2D eigenvalue weighted by Gasteiger charge is 2.04. The van der Waals surface area contributed by atoms with Crippen molar-refractivity contribution in [2.45, 2.75) is 0 Å². The van der Waals surface area contributed by atoms with Crippen LogP contribution in [-0.2, 0) is 0 Å². The molecule has 0 saturated heterocycles. The molecule has 0 amide bonds. The van der Waals surface area contributed by atoms with Crippen LogP contribution in [0.2, 0.25) is 0 Å². The molecular weight excluding hydrogens is 375 g/mol. The van der Waals surface area contributed by atoms with Gasteiger partial charge < -0.3 is 4.90 Å². The number of thiazole rings is 1. The zero-order chi connectivity index (χ0) is 17.5. The number of aromatic nitrogens is 1. The lowest BCUT2D eigenvalue weighted by atomic mass is 10.2. The molecule has 0 unspecified atom stereocenters. The largest absolute Gasteiger partial charge is 0.344 e. The fourth-order valence-corrected chi connectivity index (χ4v) is 3.37. The van der Waals surface area contributed by atoms with Gasteiger partial charge in [-0.1, -0.05) is 42.5 Å². The third-order valence-electron chi connectivity index (χ3n) is 3.49. The van der Waals surface area contributed by atoms with Crippen molar-refractivity contribution in [2.24, 2.45) is 5.10 Å². The van der Waals surface area contributed by atoms with E-state index >= 15 is 0 Å². The van der Waals surface area contributed by atoms with E-state index in [4.69, 9.17) is 23.2 Å². The number of alkyl halides is 2. The lowest BCUT2D eigenvalue weighted by molar-refractivity contribution is 1.05. The standard InChI is InChI=1S/C18H16Cl2N4S/c19-12-24(13-20)16-8-6-14(7-9-16)10-21-23-18-22-17(11-25-18)15-4-2-1-3-5-15/h1-11H,12-13H2,(H,22,23)/b21-10-. The van der Waals surface area contributed by atoms with E-state index < -0.39 is 0 Å². The van der Waals surface area contributed by atoms with Crippen molar-refractivity contribution in [3.8, 4) is 11.3 Å². The van der Waals surface area contributed by atoms with Gasteiger partial charge in [-0.3, -0.25) is 5.43 Å². The van der Waals surface area contributed by atoms with Crippen molar-refractivity contribution in [1.82, 2.24) is 4.98 Å². The van der Waals surface area contributed by atoms with Gasteiger partial charge in [0.15, 0.2) is 0 Å². The Morgan fingerprint density at radius 3 is 2.44 bits per heavy atom. The van der Waals surface area contributed by atoms with Crippen molar-refractivity contribution in [3.05, 3.63) is 65.5 Å². The summed E-state index contributed by atoms with van der Waals surface area (Å²) < 4.78 is 0. The Morgan fingerprint density at radius 2 is 1.76 bits per heavy atom. The average Bonchev–Trinajstić information content (AvgIpc) is 3.14. The highest BCUT2D eigenvalue weighted by atomic mass is 35.5. The van der Waals surface area contributed by atoms with Crippen molar-refractivity contribution in [3.63, 3.8) is 0 Å². The lowest BCUT2D eigenvalue weighted by Crippen LogP contribution is -2.18. The minimum Gasteiger partial charge on any atom is -0.344 e. The number of nitrogens with zero attached hydrogens (tertiary/aromatic N) is 3. The summed E-state index contributed by atoms with van der Waals surface area (Å²) >= 11 is 13.2. The van der Waals surface area contributed by atoms with E-state index in [0.29, 0.717) is 12.0 Å². The minimum atomic E-state index is 0.353. The van der Waals surface area contributed by atoms with Gasteiger partial charge in [-0.25, -0.2) is 4.98 Å². The third-order valence-corrected chi connectivity index (χ3v) is 4.82. The first kappa shape index (κ1) is 17.7. The molecule has 0 fully saturated rings. The maximum absolute atomic E-state index is 5.84. The fraction of sp³-hybridized carbons (Fsp3) is 0.111. The zero-order valence-corrected chi connectivity index (χ0v) is 15.6. The van der Waals surface area contributed by atoms with Gasteiger partial charge in [0.25, 0.3) is 0 Å². The number of nitrogens with one attached hydrogen (secondary N) is 1. The predicted octanol–water partition coefficient (Wildman–Crippen LogP) is 5.46. The van der Waals surface area contributed by atoms with E-state index in [-0.39, 0.29) is 0 Å². The van der Waals surface area contributed by atoms with Crippen LogP contribution in [0, 0.1) is 0 Å². The first-order chi connectivity index (χ1) is 12.3. The van der Waals surface area contributed by atoms with E-state index in [0.717, 1.165) is 27.6 Å². The van der Waals surface area contributed by atoms with Gasteiger partial charge in [-0.15, -0.1) is 34.5 Å². The lowest BCUT2D eigenvalue weighted by Gasteiger charge is -2.18. The third kappa shape index (κ3) is 4.72. The van der Waals surface area contributed by atoms with Crippen molar-refractivity contribution in [2.75, 3.05) is 22.3 Å².